The average Bonchev–Trinajstić information content (AvgIpc) is 2.31. The van der Waals surface area contributed by atoms with Crippen LogP contribution in [-0.2, 0) is 15.3 Å². The van der Waals surface area contributed by atoms with Gasteiger partial charge in [0, 0.05) is 13.0 Å². The molecule has 0 aromatic heterocycles. The standard InChI is InChI=1S/C5H8N2O3S/c8-5-2-1-3-7(5)4-6-11(9)10/h1-4H2. The van der Waals surface area contributed by atoms with Crippen LogP contribution >= 0.6 is 0 Å². The lowest BCUT2D eigenvalue weighted by Gasteiger charge is -2.08. The van der Waals surface area contributed by atoms with Crippen molar-refractivity contribution in [3.8, 4) is 0 Å². The first-order chi connectivity index (χ1) is 5.20. The number of hydrogen-bond donors (Lipinski definition) is 0. The summed E-state index contributed by atoms with van der Waals surface area (Å²) in [6, 6.07) is 0. The molecule has 0 aromatic carbocycles. The van der Waals surface area contributed by atoms with Crippen molar-refractivity contribution < 1.29 is 13.2 Å². The number of likely N-dealkylation sites (tertiary alicyclic amines) is 1. The van der Waals surface area contributed by atoms with Crippen molar-refractivity contribution in [1.29, 1.82) is 0 Å². The molecule has 0 aliphatic carbocycles. The Kier molecular flexibility index (Phi) is 2.58. The van der Waals surface area contributed by atoms with Gasteiger partial charge in [0.2, 0.25) is 5.91 Å². The molecule has 1 aliphatic heterocycles. The normalized spacial score (nSPS) is 17.1. The maximum Gasteiger partial charge on any atom is 0.312 e. The Morgan fingerprint density at radius 2 is 2.27 bits per heavy atom. The molecule has 1 amide bonds. The van der Waals surface area contributed by atoms with E-state index in [9.17, 15) is 13.2 Å². The summed E-state index contributed by atoms with van der Waals surface area (Å²) < 4.78 is 23.1. The van der Waals surface area contributed by atoms with Crippen LogP contribution in [0, 0.1) is 0 Å². The highest BCUT2D eigenvalue weighted by atomic mass is 32.2. The minimum atomic E-state index is -2.40. The average molecular weight is 176 g/mol. The number of nitrogens with zero attached hydrogens (tertiary/aromatic N) is 2. The van der Waals surface area contributed by atoms with Gasteiger partial charge in [-0.05, 0) is 6.42 Å². The van der Waals surface area contributed by atoms with Crippen LogP contribution in [0.25, 0.3) is 0 Å². The summed E-state index contributed by atoms with van der Waals surface area (Å²) in [7, 11) is -2.40. The topological polar surface area (TPSA) is 66.8 Å². The van der Waals surface area contributed by atoms with Crippen molar-refractivity contribution in [2.24, 2.45) is 4.36 Å². The van der Waals surface area contributed by atoms with Crippen LogP contribution in [0.5, 0.6) is 0 Å². The summed E-state index contributed by atoms with van der Waals surface area (Å²) in [5.74, 6) is -0.0146. The van der Waals surface area contributed by atoms with E-state index in [1.54, 1.807) is 0 Å². The summed E-state index contributed by atoms with van der Waals surface area (Å²) in [4.78, 5) is 12.3. The van der Waals surface area contributed by atoms with Crippen molar-refractivity contribution in [1.82, 2.24) is 4.90 Å². The van der Waals surface area contributed by atoms with Gasteiger partial charge in [-0.1, -0.05) is 0 Å². The number of carbonyl (C=O) groups excluding carboxylic acids is 1. The van der Waals surface area contributed by atoms with Crippen molar-refractivity contribution in [3.05, 3.63) is 0 Å². The summed E-state index contributed by atoms with van der Waals surface area (Å²) >= 11 is 0. The zero-order valence-corrected chi connectivity index (χ0v) is 6.67. The molecule has 0 saturated carbocycles. The fourth-order valence-corrected chi connectivity index (χ4v) is 1.20. The molecule has 0 spiro atoms. The first kappa shape index (κ1) is 8.19. The van der Waals surface area contributed by atoms with E-state index in [1.807, 2.05) is 0 Å². The quantitative estimate of drug-likeness (QED) is 0.576. The molecule has 1 aliphatic rings. The highest BCUT2D eigenvalue weighted by Gasteiger charge is 2.18. The van der Waals surface area contributed by atoms with Gasteiger partial charge >= 0.3 is 10.5 Å². The lowest BCUT2D eigenvalue weighted by atomic mass is 10.4. The number of amides is 1. The molecular weight excluding hydrogens is 168 g/mol. The minimum absolute atomic E-state index is 0.0146. The molecule has 0 bridgehead atoms. The Hall–Kier alpha value is -0.910. The molecule has 5 nitrogen and oxygen atoms in total. The lowest BCUT2D eigenvalue weighted by molar-refractivity contribution is -0.127. The SMILES string of the molecule is O=C1CCCN1CN=S(=O)=O. The van der Waals surface area contributed by atoms with Crippen molar-refractivity contribution in [2.75, 3.05) is 13.2 Å². The van der Waals surface area contributed by atoms with Gasteiger partial charge in [-0.15, -0.1) is 4.36 Å². The highest BCUT2D eigenvalue weighted by molar-refractivity contribution is 7.61. The van der Waals surface area contributed by atoms with E-state index < -0.39 is 10.5 Å². The van der Waals surface area contributed by atoms with Crippen molar-refractivity contribution >= 4 is 16.4 Å². The first-order valence-corrected chi connectivity index (χ1v) is 4.28. The van der Waals surface area contributed by atoms with Gasteiger partial charge in [-0.2, -0.15) is 8.42 Å². The minimum Gasteiger partial charge on any atom is -0.322 e. The second-order valence-corrected chi connectivity index (χ2v) is 2.94. The predicted octanol–water partition coefficient (Wildman–Crippen LogP) is -0.371. The third kappa shape index (κ3) is 2.30. The van der Waals surface area contributed by atoms with Crippen LogP contribution in [-0.4, -0.2) is 32.4 Å². The van der Waals surface area contributed by atoms with Crippen LogP contribution in [0.2, 0.25) is 0 Å². The second-order valence-electron chi connectivity index (χ2n) is 2.25. The van der Waals surface area contributed by atoms with Gasteiger partial charge < -0.3 is 4.90 Å². The fourth-order valence-electron chi connectivity index (χ4n) is 0.970. The molecule has 11 heavy (non-hydrogen) atoms. The van der Waals surface area contributed by atoms with E-state index in [-0.39, 0.29) is 12.6 Å². The van der Waals surface area contributed by atoms with E-state index in [2.05, 4.69) is 4.36 Å². The molecule has 0 radical (unpaired) electrons. The molecular formula is C5H8N2O3S. The largest absolute Gasteiger partial charge is 0.322 e. The zero-order valence-electron chi connectivity index (χ0n) is 5.86. The molecule has 1 saturated heterocycles. The Bertz CT molecular complexity index is 274. The van der Waals surface area contributed by atoms with E-state index in [4.69, 9.17) is 0 Å². The fraction of sp³-hybridized carbons (Fsp3) is 0.800. The smallest absolute Gasteiger partial charge is 0.312 e. The monoisotopic (exact) mass is 176 g/mol. The summed E-state index contributed by atoms with van der Waals surface area (Å²) in [6.45, 7) is 0.606. The van der Waals surface area contributed by atoms with Crippen LogP contribution in [0.4, 0.5) is 0 Å². The Balaban J connectivity index is 2.50. The van der Waals surface area contributed by atoms with Gasteiger partial charge in [0.15, 0.2) is 0 Å². The van der Waals surface area contributed by atoms with Gasteiger partial charge in [0.1, 0.15) is 6.67 Å². The Labute approximate surface area is 65.7 Å². The third-order valence-corrected chi connectivity index (χ3v) is 1.83. The van der Waals surface area contributed by atoms with Crippen LogP contribution in [0.15, 0.2) is 4.36 Å². The molecule has 62 valence electrons. The van der Waals surface area contributed by atoms with Gasteiger partial charge in [-0.3, -0.25) is 4.79 Å². The van der Waals surface area contributed by atoms with Crippen LogP contribution < -0.4 is 0 Å². The lowest BCUT2D eigenvalue weighted by Crippen LogP contribution is -2.24. The third-order valence-electron chi connectivity index (χ3n) is 1.51. The van der Waals surface area contributed by atoms with Crippen LogP contribution in [0.1, 0.15) is 12.8 Å². The molecule has 1 rings (SSSR count). The predicted molar refractivity (Wildman–Crippen MR) is 37.2 cm³/mol. The number of rotatable bonds is 2. The zero-order chi connectivity index (χ0) is 8.27. The Morgan fingerprint density at radius 3 is 2.73 bits per heavy atom. The molecule has 0 aromatic rings. The molecule has 0 atom stereocenters. The van der Waals surface area contributed by atoms with Gasteiger partial charge in [0.25, 0.3) is 0 Å². The van der Waals surface area contributed by atoms with Gasteiger partial charge in [0.05, 0.1) is 0 Å². The van der Waals surface area contributed by atoms with Crippen LogP contribution in [0.3, 0.4) is 0 Å². The second kappa shape index (κ2) is 3.47. The number of carbonyl (C=O) groups is 1. The Morgan fingerprint density at radius 1 is 1.55 bits per heavy atom. The molecule has 0 N–H and O–H groups in total. The summed E-state index contributed by atoms with van der Waals surface area (Å²) in [5.41, 5.74) is 0. The summed E-state index contributed by atoms with van der Waals surface area (Å²) in [6.07, 6.45) is 1.32. The molecule has 1 heterocycles. The van der Waals surface area contributed by atoms with E-state index in [0.29, 0.717) is 13.0 Å². The van der Waals surface area contributed by atoms with Gasteiger partial charge in [-0.25, -0.2) is 0 Å². The van der Waals surface area contributed by atoms with Crippen molar-refractivity contribution in [2.45, 2.75) is 12.8 Å². The maximum atomic E-state index is 10.9. The summed E-state index contributed by atoms with van der Waals surface area (Å²) in [5, 5.41) is 0. The highest BCUT2D eigenvalue weighted by Crippen LogP contribution is 2.08. The van der Waals surface area contributed by atoms with Crippen molar-refractivity contribution in [3.63, 3.8) is 0 Å². The van der Waals surface area contributed by atoms with E-state index in [1.165, 1.54) is 4.90 Å². The molecule has 0 unspecified atom stereocenters. The first-order valence-electron chi connectivity index (χ1n) is 3.25. The van der Waals surface area contributed by atoms with E-state index in [0.717, 1.165) is 6.42 Å². The number of hydrogen-bond acceptors (Lipinski definition) is 4. The maximum absolute atomic E-state index is 10.9. The van der Waals surface area contributed by atoms with E-state index >= 15 is 0 Å². The molecule has 6 heteroatoms. The molecule has 1 fully saturated rings.